The molecule has 0 saturated carbocycles. The van der Waals surface area contributed by atoms with Gasteiger partial charge in [-0.3, -0.25) is 0 Å². The Balaban J connectivity index is 2.01. The molecule has 5 heteroatoms. The zero-order valence-electron chi connectivity index (χ0n) is 11.1. The third-order valence-electron chi connectivity index (χ3n) is 3.44. The van der Waals surface area contributed by atoms with E-state index < -0.39 is 0 Å². The first-order valence-corrected chi connectivity index (χ1v) is 8.27. The van der Waals surface area contributed by atoms with Crippen LogP contribution in [0.4, 0.5) is 5.69 Å². The van der Waals surface area contributed by atoms with Gasteiger partial charge in [0.2, 0.25) is 0 Å². The van der Waals surface area contributed by atoms with Gasteiger partial charge in [-0.05, 0) is 44.0 Å². The molecule has 0 bridgehead atoms. The topological polar surface area (TPSA) is 15.3 Å². The summed E-state index contributed by atoms with van der Waals surface area (Å²) in [5, 5.41) is 4.93. The minimum absolute atomic E-state index is 0.683. The maximum absolute atomic E-state index is 6.32. The Hall–Kier alpha value is 0.0400. The molecular formula is C14H19BrCl2N2. The van der Waals surface area contributed by atoms with E-state index in [2.05, 4.69) is 33.1 Å². The van der Waals surface area contributed by atoms with Gasteiger partial charge in [-0.25, -0.2) is 0 Å². The first kappa shape index (κ1) is 15.4. The van der Waals surface area contributed by atoms with Crippen LogP contribution in [0.3, 0.4) is 0 Å². The van der Waals surface area contributed by atoms with Crippen LogP contribution in [0, 0.1) is 5.92 Å². The van der Waals surface area contributed by atoms with Gasteiger partial charge in [-0.2, -0.15) is 0 Å². The number of hydrogen-bond donors (Lipinski definition) is 1. The summed E-state index contributed by atoms with van der Waals surface area (Å²) in [6, 6.07) is 3.82. The van der Waals surface area contributed by atoms with Crippen molar-refractivity contribution < 1.29 is 0 Å². The van der Waals surface area contributed by atoms with Crippen LogP contribution in [0.2, 0.25) is 10.0 Å². The lowest BCUT2D eigenvalue weighted by Gasteiger charge is -2.22. The fourth-order valence-corrected chi connectivity index (χ4v) is 3.97. The number of nitrogens with zero attached hydrogens (tertiary/aromatic N) is 1. The highest BCUT2D eigenvalue weighted by Crippen LogP contribution is 2.38. The Labute approximate surface area is 133 Å². The number of anilines is 1. The van der Waals surface area contributed by atoms with E-state index in [0.717, 1.165) is 46.4 Å². The second-order valence-corrected chi connectivity index (χ2v) is 6.75. The van der Waals surface area contributed by atoms with Gasteiger partial charge in [-0.15, -0.1) is 0 Å². The van der Waals surface area contributed by atoms with Gasteiger partial charge in [0.05, 0.1) is 15.7 Å². The summed E-state index contributed by atoms with van der Waals surface area (Å²) in [6.07, 6.45) is 2.38. The standard InChI is InChI=1S/C14H19BrCl2N2/c1-2-4-18-8-10-3-5-19(9-10)14-12(16)6-11(15)7-13(14)17/h6-7,10,18H,2-5,8-9H2,1H3. The number of benzene rings is 1. The molecule has 2 rings (SSSR count). The van der Waals surface area contributed by atoms with E-state index in [4.69, 9.17) is 23.2 Å². The van der Waals surface area contributed by atoms with Gasteiger partial charge in [0.25, 0.3) is 0 Å². The van der Waals surface area contributed by atoms with Crippen molar-refractivity contribution in [2.24, 2.45) is 5.92 Å². The minimum atomic E-state index is 0.683. The second kappa shape index (κ2) is 7.16. The Bertz CT molecular complexity index is 416. The summed E-state index contributed by atoms with van der Waals surface area (Å²) < 4.78 is 0.923. The van der Waals surface area contributed by atoms with Crippen LogP contribution in [-0.2, 0) is 0 Å². The van der Waals surface area contributed by atoms with Crippen molar-refractivity contribution in [3.8, 4) is 0 Å². The maximum Gasteiger partial charge on any atom is 0.0745 e. The van der Waals surface area contributed by atoms with E-state index in [0.29, 0.717) is 5.92 Å². The van der Waals surface area contributed by atoms with Gasteiger partial charge >= 0.3 is 0 Å². The largest absolute Gasteiger partial charge is 0.369 e. The van der Waals surface area contributed by atoms with Crippen molar-refractivity contribution in [3.05, 3.63) is 26.7 Å². The van der Waals surface area contributed by atoms with Gasteiger partial charge in [0.15, 0.2) is 0 Å². The fourth-order valence-electron chi connectivity index (χ4n) is 2.52. The summed E-state index contributed by atoms with van der Waals surface area (Å²) >= 11 is 16.0. The maximum atomic E-state index is 6.32. The molecule has 106 valence electrons. The van der Waals surface area contributed by atoms with E-state index in [9.17, 15) is 0 Å². The highest BCUT2D eigenvalue weighted by atomic mass is 79.9. The molecule has 1 unspecified atom stereocenters. The molecule has 1 aromatic rings. The zero-order valence-corrected chi connectivity index (χ0v) is 14.2. The Morgan fingerprint density at radius 1 is 1.37 bits per heavy atom. The predicted octanol–water partition coefficient (Wildman–Crippen LogP) is 4.58. The molecule has 1 aromatic carbocycles. The summed E-state index contributed by atoms with van der Waals surface area (Å²) in [7, 11) is 0. The number of nitrogens with one attached hydrogen (secondary N) is 1. The quantitative estimate of drug-likeness (QED) is 0.768. The fraction of sp³-hybridized carbons (Fsp3) is 0.571. The first-order chi connectivity index (χ1) is 9.11. The molecule has 1 N–H and O–H groups in total. The van der Waals surface area contributed by atoms with Crippen LogP contribution in [0.25, 0.3) is 0 Å². The number of rotatable bonds is 5. The average Bonchev–Trinajstić information content (AvgIpc) is 2.76. The smallest absolute Gasteiger partial charge is 0.0745 e. The highest BCUT2D eigenvalue weighted by molar-refractivity contribution is 9.10. The molecule has 2 nitrogen and oxygen atoms in total. The van der Waals surface area contributed by atoms with Crippen LogP contribution in [0.15, 0.2) is 16.6 Å². The van der Waals surface area contributed by atoms with E-state index in [1.54, 1.807) is 0 Å². The molecule has 1 atom stereocenters. The molecule has 1 saturated heterocycles. The lowest BCUT2D eigenvalue weighted by Crippen LogP contribution is -2.27. The van der Waals surface area contributed by atoms with E-state index in [-0.39, 0.29) is 0 Å². The van der Waals surface area contributed by atoms with Crippen molar-refractivity contribution in [3.63, 3.8) is 0 Å². The summed E-state index contributed by atoms with van der Waals surface area (Å²) in [6.45, 7) is 6.42. The van der Waals surface area contributed by atoms with Crippen LogP contribution < -0.4 is 10.2 Å². The molecule has 19 heavy (non-hydrogen) atoms. The SMILES string of the molecule is CCCNCC1CCN(c2c(Cl)cc(Br)cc2Cl)C1. The zero-order chi connectivity index (χ0) is 13.8. The molecule has 1 fully saturated rings. The van der Waals surface area contributed by atoms with Gasteiger partial charge < -0.3 is 10.2 Å². The third-order valence-corrected chi connectivity index (χ3v) is 4.48. The molecule has 0 aliphatic carbocycles. The normalized spacial score (nSPS) is 19.2. The lowest BCUT2D eigenvalue weighted by molar-refractivity contribution is 0.516. The molecule has 0 aromatic heterocycles. The lowest BCUT2D eigenvalue weighted by atomic mass is 10.1. The highest BCUT2D eigenvalue weighted by Gasteiger charge is 2.25. The van der Waals surface area contributed by atoms with Gasteiger partial charge in [0.1, 0.15) is 0 Å². The minimum Gasteiger partial charge on any atom is -0.369 e. The third kappa shape index (κ3) is 4.01. The molecule has 0 spiro atoms. The van der Waals surface area contributed by atoms with Crippen LogP contribution in [-0.4, -0.2) is 26.2 Å². The predicted molar refractivity (Wildman–Crippen MR) is 87.6 cm³/mol. The molecular weight excluding hydrogens is 347 g/mol. The van der Waals surface area contributed by atoms with E-state index >= 15 is 0 Å². The van der Waals surface area contributed by atoms with E-state index in [1.807, 2.05) is 12.1 Å². The number of halogens is 3. The summed E-state index contributed by atoms with van der Waals surface area (Å²) in [5.41, 5.74) is 0.976. The first-order valence-electron chi connectivity index (χ1n) is 6.72. The number of hydrogen-bond acceptors (Lipinski definition) is 2. The summed E-state index contributed by atoms with van der Waals surface area (Å²) in [4.78, 5) is 2.30. The molecule has 1 aliphatic rings. The van der Waals surface area contributed by atoms with Crippen molar-refractivity contribution in [1.82, 2.24) is 5.32 Å². The van der Waals surface area contributed by atoms with E-state index in [1.165, 1.54) is 12.8 Å². The Morgan fingerprint density at radius 2 is 2.05 bits per heavy atom. The molecule has 1 heterocycles. The molecule has 1 aliphatic heterocycles. The van der Waals surface area contributed by atoms with Crippen molar-refractivity contribution in [2.75, 3.05) is 31.1 Å². The monoisotopic (exact) mass is 364 g/mol. The Morgan fingerprint density at radius 3 is 2.68 bits per heavy atom. The van der Waals surface area contributed by atoms with Crippen LogP contribution in [0.1, 0.15) is 19.8 Å². The molecule has 0 amide bonds. The summed E-state index contributed by atoms with van der Waals surface area (Å²) in [5.74, 6) is 0.683. The van der Waals surface area contributed by atoms with Gasteiger partial charge in [-0.1, -0.05) is 46.1 Å². The average molecular weight is 366 g/mol. The van der Waals surface area contributed by atoms with Crippen molar-refractivity contribution >= 4 is 44.8 Å². The second-order valence-electron chi connectivity index (χ2n) is 5.02. The van der Waals surface area contributed by atoms with Gasteiger partial charge in [0, 0.05) is 17.6 Å². The Kier molecular flexibility index (Phi) is 5.82. The molecule has 0 radical (unpaired) electrons. The van der Waals surface area contributed by atoms with Crippen LogP contribution >= 0.6 is 39.1 Å². The van der Waals surface area contributed by atoms with Crippen molar-refractivity contribution in [1.29, 1.82) is 0 Å². The van der Waals surface area contributed by atoms with Crippen molar-refractivity contribution in [2.45, 2.75) is 19.8 Å². The van der Waals surface area contributed by atoms with Crippen LogP contribution in [0.5, 0.6) is 0 Å².